The monoisotopic (exact) mass is 523 g/mol. The van der Waals surface area contributed by atoms with Crippen LogP contribution in [-0.4, -0.2) is 117 Å². The molecular weight excluding hydrogens is 482 g/mol. The van der Waals surface area contributed by atoms with E-state index in [0.29, 0.717) is 52.1 Å². The number of carbonyl (C=O) groups is 3. The van der Waals surface area contributed by atoms with Crippen molar-refractivity contribution in [3.8, 4) is 0 Å². The lowest BCUT2D eigenvalue weighted by Gasteiger charge is -2.40. The SMILES string of the molecule is C=CCN(CCN1CCOCC1)C(=O)C1N([C@@H](CO)CC(C)C)C(=O)[C@@H]2[C@@H](C(=O)O)[C@@]3(C)CCC12S3. The predicted octanol–water partition coefficient (Wildman–Crippen LogP) is 1.31. The number of rotatable bonds is 11. The number of fused-ring (bicyclic) bond motifs is 1. The van der Waals surface area contributed by atoms with E-state index in [4.69, 9.17) is 4.74 Å². The van der Waals surface area contributed by atoms with Crippen LogP contribution in [0.25, 0.3) is 0 Å². The second-order valence-electron chi connectivity index (χ2n) is 11.3. The van der Waals surface area contributed by atoms with E-state index in [0.717, 1.165) is 13.1 Å². The second-order valence-corrected chi connectivity index (χ2v) is 13.2. The smallest absolute Gasteiger partial charge is 0.308 e. The number of carboxylic acid groups (broad SMARTS) is 1. The molecule has 4 fully saturated rings. The number of hydrogen-bond acceptors (Lipinski definition) is 7. The molecule has 4 aliphatic rings. The summed E-state index contributed by atoms with van der Waals surface area (Å²) >= 11 is 1.54. The summed E-state index contributed by atoms with van der Waals surface area (Å²) in [6, 6.07) is -1.33. The summed E-state index contributed by atoms with van der Waals surface area (Å²) in [4.78, 5) is 46.5. The van der Waals surface area contributed by atoms with Crippen LogP contribution in [-0.2, 0) is 19.1 Å². The van der Waals surface area contributed by atoms with Gasteiger partial charge >= 0.3 is 5.97 Å². The molecule has 0 aliphatic carbocycles. The van der Waals surface area contributed by atoms with Gasteiger partial charge in [0.05, 0.1) is 42.4 Å². The number of nitrogens with zero attached hydrogens (tertiary/aromatic N) is 3. The minimum absolute atomic E-state index is 0.163. The van der Waals surface area contributed by atoms with E-state index in [2.05, 4.69) is 11.5 Å². The molecule has 9 nitrogen and oxygen atoms in total. The first-order valence-corrected chi connectivity index (χ1v) is 14.0. The molecular formula is C26H41N3O6S. The van der Waals surface area contributed by atoms with Crippen molar-refractivity contribution in [2.45, 2.75) is 61.6 Å². The number of aliphatic carboxylic acids is 1. The molecule has 1 spiro atoms. The number of ether oxygens (including phenoxy) is 1. The van der Waals surface area contributed by atoms with E-state index in [1.165, 1.54) is 11.8 Å². The number of aliphatic hydroxyl groups is 1. The van der Waals surface area contributed by atoms with Crippen LogP contribution in [0.15, 0.2) is 12.7 Å². The number of morpholine rings is 1. The van der Waals surface area contributed by atoms with E-state index in [1.807, 2.05) is 20.8 Å². The van der Waals surface area contributed by atoms with E-state index in [1.54, 1.807) is 15.9 Å². The third-order valence-electron chi connectivity index (χ3n) is 8.51. The summed E-state index contributed by atoms with van der Waals surface area (Å²) in [5.41, 5.74) is 0. The quantitative estimate of drug-likeness (QED) is 0.390. The highest BCUT2D eigenvalue weighted by Crippen LogP contribution is 2.71. The molecule has 2 N–H and O–H groups in total. The molecule has 4 rings (SSSR count). The highest BCUT2D eigenvalue weighted by molar-refractivity contribution is 8.02. The number of carbonyl (C=O) groups excluding carboxylic acids is 2. The van der Waals surface area contributed by atoms with Crippen LogP contribution in [0.1, 0.15) is 40.0 Å². The first kappa shape index (κ1) is 27.4. The summed E-state index contributed by atoms with van der Waals surface area (Å²) < 4.78 is 4.06. The molecule has 0 radical (unpaired) electrons. The van der Waals surface area contributed by atoms with Crippen LogP contribution in [0.2, 0.25) is 0 Å². The second kappa shape index (κ2) is 10.6. The normalized spacial score (nSPS) is 34.8. The van der Waals surface area contributed by atoms with Gasteiger partial charge in [0, 0.05) is 37.5 Å². The van der Waals surface area contributed by atoms with Gasteiger partial charge in [-0.1, -0.05) is 19.9 Å². The third kappa shape index (κ3) is 4.59. The van der Waals surface area contributed by atoms with Crippen molar-refractivity contribution in [2.75, 3.05) is 52.5 Å². The summed E-state index contributed by atoms with van der Waals surface area (Å²) in [6.45, 7) is 14.1. The molecule has 0 aromatic carbocycles. The number of likely N-dealkylation sites (tertiary alicyclic amines) is 1. The standard InChI is InChI=1S/C26H41N3O6S/c1-5-8-28(10-9-27-11-13-35-14-12-27)23(32)21-26-7-6-25(4,36-26)20(24(33)34)19(26)22(31)29(21)18(16-30)15-17(2)3/h5,17-21,30H,1,6-16H2,2-4H3,(H,33,34)/t18-,19+,20+,21?,25-,26?/m1/s1. The van der Waals surface area contributed by atoms with Crippen molar-refractivity contribution < 1.29 is 29.3 Å². The maximum atomic E-state index is 14.4. The highest BCUT2D eigenvalue weighted by atomic mass is 32.2. The fourth-order valence-corrected chi connectivity index (χ4v) is 9.27. The molecule has 36 heavy (non-hydrogen) atoms. The number of amides is 2. The van der Waals surface area contributed by atoms with Crippen molar-refractivity contribution in [3.63, 3.8) is 0 Å². The van der Waals surface area contributed by atoms with Gasteiger partial charge in [-0.15, -0.1) is 18.3 Å². The van der Waals surface area contributed by atoms with Gasteiger partial charge in [0.2, 0.25) is 11.8 Å². The van der Waals surface area contributed by atoms with Crippen LogP contribution in [0, 0.1) is 17.8 Å². The van der Waals surface area contributed by atoms with E-state index < -0.39 is 39.4 Å². The molecule has 10 heteroatoms. The van der Waals surface area contributed by atoms with Crippen LogP contribution < -0.4 is 0 Å². The number of carboxylic acids is 1. The van der Waals surface area contributed by atoms with Crippen LogP contribution >= 0.6 is 11.8 Å². The van der Waals surface area contributed by atoms with Crippen LogP contribution in [0.5, 0.6) is 0 Å². The molecule has 0 aromatic heterocycles. The molecule has 4 heterocycles. The summed E-state index contributed by atoms with van der Waals surface area (Å²) in [6.07, 6.45) is 3.52. The summed E-state index contributed by atoms with van der Waals surface area (Å²) in [5, 5.41) is 20.5. The molecule has 6 atom stereocenters. The number of thioether (sulfide) groups is 1. The number of hydrogen-bond donors (Lipinski definition) is 2. The van der Waals surface area contributed by atoms with Gasteiger partial charge in [-0.3, -0.25) is 19.3 Å². The Kier molecular flexibility index (Phi) is 8.09. The van der Waals surface area contributed by atoms with Gasteiger partial charge in [0.25, 0.3) is 0 Å². The maximum Gasteiger partial charge on any atom is 0.308 e. The molecule has 2 amide bonds. The first-order chi connectivity index (χ1) is 17.1. The zero-order valence-electron chi connectivity index (χ0n) is 21.7. The van der Waals surface area contributed by atoms with Crippen molar-refractivity contribution in [3.05, 3.63) is 12.7 Å². The lowest BCUT2D eigenvalue weighted by atomic mass is 9.66. The Hall–Kier alpha value is -1.62. The number of aliphatic hydroxyl groups excluding tert-OH is 1. The minimum atomic E-state index is -0.974. The molecule has 202 valence electrons. The molecule has 2 bridgehead atoms. The summed E-state index contributed by atoms with van der Waals surface area (Å²) in [5.74, 6) is -2.84. The topological polar surface area (TPSA) is 111 Å². The fraction of sp³-hybridized carbons (Fsp3) is 0.808. The van der Waals surface area contributed by atoms with Crippen molar-refractivity contribution in [1.82, 2.24) is 14.7 Å². The van der Waals surface area contributed by atoms with Crippen molar-refractivity contribution in [1.29, 1.82) is 0 Å². The zero-order valence-corrected chi connectivity index (χ0v) is 22.5. The van der Waals surface area contributed by atoms with Crippen LogP contribution in [0.3, 0.4) is 0 Å². The first-order valence-electron chi connectivity index (χ1n) is 13.2. The van der Waals surface area contributed by atoms with Crippen molar-refractivity contribution >= 4 is 29.5 Å². The van der Waals surface area contributed by atoms with Crippen molar-refractivity contribution in [2.24, 2.45) is 17.8 Å². The Balaban J connectivity index is 1.70. The van der Waals surface area contributed by atoms with Gasteiger partial charge in [-0.25, -0.2) is 0 Å². The van der Waals surface area contributed by atoms with Gasteiger partial charge < -0.3 is 24.7 Å². The lowest BCUT2D eigenvalue weighted by molar-refractivity contribution is -0.151. The van der Waals surface area contributed by atoms with Gasteiger partial charge in [-0.05, 0) is 32.1 Å². The molecule has 0 aromatic rings. The fourth-order valence-electron chi connectivity index (χ4n) is 6.94. The third-order valence-corrected chi connectivity index (χ3v) is 10.5. The Morgan fingerprint density at radius 3 is 2.58 bits per heavy atom. The van der Waals surface area contributed by atoms with E-state index >= 15 is 0 Å². The van der Waals surface area contributed by atoms with Gasteiger partial charge in [0.1, 0.15) is 6.04 Å². The average molecular weight is 524 g/mol. The average Bonchev–Trinajstić information content (AvgIpc) is 3.41. The van der Waals surface area contributed by atoms with Gasteiger partial charge in [-0.2, -0.15) is 0 Å². The Labute approximate surface area is 218 Å². The highest BCUT2D eigenvalue weighted by Gasteiger charge is 2.78. The molecule has 4 saturated heterocycles. The van der Waals surface area contributed by atoms with E-state index in [9.17, 15) is 24.6 Å². The lowest BCUT2D eigenvalue weighted by Crippen LogP contribution is -2.58. The molecule has 2 unspecified atom stereocenters. The summed E-state index contributed by atoms with van der Waals surface area (Å²) in [7, 11) is 0. The van der Waals surface area contributed by atoms with E-state index in [-0.39, 0.29) is 24.3 Å². The molecule has 0 saturated carbocycles. The van der Waals surface area contributed by atoms with Crippen LogP contribution in [0.4, 0.5) is 0 Å². The predicted molar refractivity (Wildman–Crippen MR) is 138 cm³/mol. The largest absolute Gasteiger partial charge is 0.481 e. The Bertz CT molecular complexity index is 880. The Morgan fingerprint density at radius 1 is 1.31 bits per heavy atom. The maximum absolute atomic E-state index is 14.4. The van der Waals surface area contributed by atoms with Gasteiger partial charge in [0.15, 0.2) is 0 Å². The Morgan fingerprint density at radius 2 is 2.00 bits per heavy atom. The minimum Gasteiger partial charge on any atom is -0.481 e. The zero-order chi connectivity index (χ0) is 26.3. The molecule has 4 aliphatic heterocycles.